The molecule has 1 saturated carbocycles. The summed E-state index contributed by atoms with van der Waals surface area (Å²) in [5, 5.41) is 22.2. The SMILES string of the molecule is CCc1cc(-c2nnc(-c3cc(OC)nc(C4CCCC4)c3)o2)cc(C)c1OCC(O)CNC(C)C. The summed E-state index contributed by atoms with van der Waals surface area (Å²) in [6.45, 7) is 8.89. The molecule has 8 heteroatoms. The van der Waals surface area contributed by atoms with E-state index in [1.54, 1.807) is 7.11 Å². The molecule has 0 saturated heterocycles. The molecule has 2 aromatic heterocycles. The van der Waals surface area contributed by atoms with E-state index in [4.69, 9.17) is 13.9 Å². The van der Waals surface area contributed by atoms with Gasteiger partial charge in [-0.05, 0) is 55.5 Å². The number of aryl methyl sites for hydroxylation is 2. The van der Waals surface area contributed by atoms with Crippen molar-refractivity contribution in [3.05, 3.63) is 41.1 Å². The van der Waals surface area contributed by atoms with Crippen molar-refractivity contribution in [1.29, 1.82) is 0 Å². The van der Waals surface area contributed by atoms with E-state index in [1.807, 2.05) is 39.0 Å². The number of hydrogen-bond donors (Lipinski definition) is 2. The van der Waals surface area contributed by atoms with Crippen molar-refractivity contribution in [2.75, 3.05) is 20.3 Å². The number of benzene rings is 1. The molecule has 1 aliphatic carbocycles. The highest BCUT2D eigenvalue weighted by Crippen LogP contribution is 2.37. The molecule has 2 N–H and O–H groups in total. The summed E-state index contributed by atoms with van der Waals surface area (Å²) in [6.07, 6.45) is 4.95. The first-order valence-corrected chi connectivity index (χ1v) is 13.0. The third kappa shape index (κ3) is 6.23. The lowest BCUT2D eigenvalue weighted by Gasteiger charge is -2.18. The molecule has 194 valence electrons. The zero-order valence-electron chi connectivity index (χ0n) is 22.0. The second-order valence-corrected chi connectivity index (χ2v) is 9.88. The molecule has 0 bridgehead atoms. The van der Waals surface area contributed by atoms with Crippen LogP contribution in [0.3, 0.4) is 0 Å². The van der Waals surface area contributed by atoms with E-state index >= 15 is 0 Å². The number of pyridine rings is 1. The number of aliphatic hydroxyl groups is 1. The van der Waals surface area contributed by atoms with E-state index in [0.717, 1.165) is 53.0 Å². The van der Waals surface area contributed by atoms with Crippen molar-refractivity contribution < 1.29 is 19.0 Å². The molecule has 0 radical (unpaired) electrons. The van der Waals surface area contributed by atoms with Gasteiger partial charge in [0.05, 0.1) is 7.11 Å². The molecular formula is C28H38N4O4. The van der Waals surface area contributed by atoms with Gasteiger partial charge in [-0.3, -0.25) is 0 Å². The molecule has 3 aromatic rings. The van der Waals surface area contributed by atoms with Crippen molar-refractivity contribution >= 4 is 0 Å². The van der Waals surface area contributed by atoms with Crippen LogP contribution in [0.15, 0.2) is 28.7 Å². The van der Waals surface area contributed by atoms with Crippen LogP contribution >= 0.6 is 0 Å². The van der Waals surface area contributed by atoms with Gasteiger partial charge in [0.2, 0.25) is 17.7 Å². The number of hydrogen-bond acceptors (Lipinski definition) is 8. The van der Waals surface area contributed by atoms with E-state index in [-0.39, 0.29) is 6.61 Å². The smallest absolute Gasteiger partial charge is 0.248 e. The third-order valence-electron chi connectivity index (χ3n) is 6.64. The van der Waals surface area contributed by atoms with Crippen molar-refractivity contribution in [2.45, 2.75) is 77.9 Å². The fourth-order valence-corrected chi connectivity index (χ4v) is 4.69. The largest absolute Gasteiger partial charge is 0.490 e. The van der Waals surface area contributed by atoms with Crippen molar-refractivity contribution in [1.82, 2.24) is 20.5 Å². The number of nitrogens with one attached hydrogen (secondary N) is 1. The lowest BCUT2D eigenvalue weighted by molar-refractivity contribution is 0.104. The van der Waals surface area contributed by atoms with Crippen LogP contribution < -0.4 is 14.8 Å². The summed E-state index contributed by atoms with van der Waals surface area (Å²) in [5.74, 6) is 2.70. The lowest BCUT2D eigenvalue weighted by atomic mass is 10.0. The molecule has 0 amide bonds. The Balaban J connectivity index is 1.55. The minimum absolute atomic E-state index is 0.227. The van der Waals surface area contributed by atoms with E-state index in [9.17, 15) is 5.11 Å². The number of ether oxygens (including phenoxy) is 2. The Morgan fingerprint density at radius 1 is 1.08 bits per heavy atom. The van der Waals surface area contributed by atoms with Gasteiger partial charge in [-0.2, -0.15) is 0 Å². The van der Waals surface area contributed by atoms with Gasteiger partial charge in [-0.1, -0.05) is 33.6 Å². The van der Waals surface area contributed by atoms with Gasteiger partial charge in [0.1, 0.15) is 18.5 Å². The predicted molar refractivity (Wildman–Crippen MR) is 139 cm³/mol. The number of aromatic nitrogens is 3. The highest BCUT2D eigenvalue weighted by atomic mass is 16.5. The molecule has 1 fully saturated rings. The van der Waals surface area contributed by atoms with Crippen LogP contribution in [0.1, 0.15) is 69.2 Å². The molecule has 8 nitrogen and oxygen atoms in total. The fourth-order valence-electron chi connectivity index (χ4n) is 4.69. The first-order chi connectivity index (χ1) is 17.4. The topological polar surface area (TPSA) is 103 Å². The summed E-state index contributed by atoms with van der Waals surface area (Å²) in [5.41, 5.74) is 4.68. The van der Waals surface area contributed by atoms with E-state index in [2.05, 4.69) is 33.5 Å². The van der Waals surface area contributed by atoms with Crippen molar-refractivity contribution in [3.8, 4) is 34.5 Å². The zero-order valence-corrected chi connectivity index (χ0v) is 22.0. The number of rotatable bonds is 11. The lowest BCUT2D eigenvalue weighted by Crippen LogP contribution is -2.35. The summed E-state index contributed by atoms with van der Waals surface area (Å²) >= 11 is 0. The highest BCUT2D eigenvalue weighted by Gasteiger charge is 2.22. The van der Waals surface area contributed by atoms with Gasteiger partial charge in [0.25, 0.3) is 0 Å². The zero-order chi connectivity index (χ0) is 25.7. The Morgan fingerprint density at radius 2 is 1.78 bits per heavy atom. The normalized spacial score (nSPS) is 15.0. The molecule has 2 heterocycles. The minimum atomic E-state index is -0.582. The second-order valence-electron chi connectivity index (χ2n) is 9.88. The maximum atomic E-state index is 10.2. The Bertz CT molecular complexity index is 1150. The second kappa shape index (κ2) is 11.8. The molecule has 1 unspecified atom stereocenters. The van der Waals surface area contributed by atoms with Crippen LogP contribution in [0.4, 0.5) is 0 Å². The standard InChI is InChI=1S/C28H38N4O4/c1-6-19-12-21(11-18(4)26(19)35-16-23(33)15-29-17(2)3)27-31-32-28(36-27)22-13-24(20-9-7-8-10-20)30-25(14-22)34-5/h11-14,17,20,23,29,33H,6-10,15-16H2,1-5H3. The van der Waals surface area contributed by atoms with Gasteiger partial charge in [-0.25, -0.2) is 4.98 Å². The average Bonchev–Trinajstić information content (AvgIpc) is 3.59. The van der Waals surface area contributed by atoms with Gasteiger partial charge >= 0.3 is 0 Å². The van der Waals surface area contributed by atoms with Crippen LogP contribution in [-0.4, -0.2) is 52.7 Å². The van der Waals surface area contributed by atoms with Gasteiger partial charge in [0.15, 0.2) is 0 Å². The molecule has 1 aliphatic rings. The molecule has 36 heavy (non-hydrogen) atoms. The van der Waals surface area contributed by atoms with E-state index < -0.39 is 6.10 Å². The molecule has 0 spiro atoms. The van der Waals surface area contributed by atoms with Crippen LogP contribution in [-0.2, 0) is 6.42 Å². The summed E-state index contributed by atoms with van der Waals surface area (Å²) < 4.78 is 17.6. The van der Waals surface area contributed by atoms with Crippen LogP contribution in [0.2, 0.25) is 0 Å². The highest BCUT2D eigenvalue weighted by molar-refractivity contribution is 5.63. The Kier molecular flexibility index (Phi) is 8.59. The number of nitrogens with zero attached hydrogens (tertiary/aromatic N) is 3. The molecule has 4 rings (SSSR count). The van der Waals surface area contributed by atoms with Crippen LogP contribution in [0.5, 0.6) is 11.6 Å². The van der Waals surface area contributed by atoms with Crippen LogP contribution in [0, 0.1) is 6.92 Å². The third-order valence-corrected chi connectivity index (χ3v) is 6.64. The van der Waals surface area contributed by atoms with Gasteiger partial charge in [0, 0.05) is 41.4 Å². The fraction of sp³-hybridized carbons (Fsp3) is 0.536. The van der Waals surface area contributed by atoms with Crippen molar-refractivity contribution in [2.24, 2.45) is 0 Å². The quantitative estimate of drug-likeness (QED) is 0.381. The first-order valence-electron chi connectivity index (χ1n) is 13.0. The summed E-state index contributed by atoms with van der Waals surface area (Å²) in [4.78, 5) is 4.67. The monoisotopic (exact) mass is 494 g/mol. The maximum absolute atomic E-state index is 10.2. The number of methoxy groups -OCH3 is 1. The Morgan fingerprint density at radius 3 is 2.42 bits per heavy atom. The van der Waals surface area contributed by atoms with E-state index in [1.165, 1.54) is 12.8 Å². The van der Waals surface area contributed by atoms with Crippen molar-refractivity contribution in [3.63, 3.8) is 0 Å². The molecule has 1 aromatic carbocycles. The maximum Gasteiger partial charge on any atom is 0.248 e. The summed E-state index contributed by atoms with van der Waals surface area (Å²) in [7, 11) is 1.63. The first kappa shape index (κ1) is 26.1. The Labute approximate surface area is 213 Å². The van der Waals surface area contributed by atoms with Gasteiger partial charge < -0.3 is 24.3 Å². The van der Waals surface area contributed by atoms with Gasteiger partial charge in [-0.15, -0.1) is 10.2 Å². The van der Waals surface area contributed by atoms with Crippen LogP contribution in [0.25, 0.3) is 22.9 Å². The molecule has 0 aliphatic heterocycles. The predicted octanol–water partition coefficient (Wildman–Crippen LogP) is 5.07. The Hall–Kier alpha value is -2.97. The van der Waals surface area contributed by atoms with E-state index in [0.29, 0.717) is 36.2 Å². The summed E-state index contributed by atoms with van der Waals surface area (Å²) in [6, 6.07) is 8.22. The minimum Gasteiger partial charge on any atom is -0.490 e. The molecule has 1 atom stereocenters. The number of aliphatic hydroxyl groups excluding tert-OH is 1. The average molecular weight is 495 g/mol. The molecular weight excluding hydrogens is 456 g/mol.